The summed E-state index contributed by atoms with van der Waals surface area (Å²) >= 11 is 7.03. The van der Waals surface area contributed by atoms with Gasteiger partial charge in [-0.2, -0.15) is 0 Å². The Balaban J connectivity index is 1.86. The Labute approximate surface area is 135 Å². The molecule has 0 bridgehead atoms. The van der Waals surface area contributed by atoms with Crippen LogP contribution in [0, 0.1) is 0 Å². The van der Waals surface area contributed by atoms with Crippen LogP contribution in [0.25, 0.3) is 10.2 Å². The van der Waals surface area contributed by atoms with Gasteiger partial charge in [0.25, 0.3) is 0 Å². The number of hydrogen-bond acceptors (Lipinski definition) is 4. The second-order valence-corrected chi connectivity index (χ2v) is 7.56. The predicted octanol–water partition coefficient (Wildman–Crippen LogP) is 6.07. The predicted molar refractivity (Wildman–Crippen MR) is 92.9 cm³/mol. The van der Waals surface area contributed by atoms with Crippen molar-refractivity contribution < 1.29 is 0 Å². The fraction of sp³-hybridized carbons (Fsp3) is 0.267. The van der Waals surface area contributed by atoms with E-state index < -0.39 is 0 Å². The Morgan fingerprint density at radius 1 is 1.35 bits per heavy atom. The van der Waals surface area contributed by atoms with Crippen molar-refractivity contribution in [3.63, 3.8) is 0 Å². The van der Waals surface area contributed by atoms with Gasteiger partial charge < -0.3 is 5.32 Å². The van der Waals surface area contributed by atoms with Crippen LogP contribution in [0.2, 0.25) is 0 Å². The summed E-state index contributed by atoms with van der Waals surface area (Å²) in [5, 5.41) is 6.73. The molecule has 1 unspecified atom stereocenters. The highest BCUT2D eigenvalue weighted by molar-refractivity contribution is 9.10. The zero-order chi connectivity index (χ0) is 13.9. The molecule has 3 aromatic rings. The molecule has 0 radical (unpaired) electrons. The van der Waals surface area contributed by atoms with Gasteiger partial charge in [0.15, 0.2) is 5.13 Å². The molecule has 0 aliphatic heterocycles. The monoisotopic (exact) mass is 366 g/mol. The van der Waals surface area contributed by atoms with Gasteiger partial charge in [-0.15, -0.1) is 11.3 Å². The van der Waals surface area contributed by atoms with E-state index in [-0.39, 0.29) is 0 Å². The van der Waals surface area contributed by atoms with Gasteiger partial charge >= 0.3 is 0 Å². The average molecular weight is 367 g/mol. The highest BCUT2D eigenvalue weighted by Gasteiger charge is 2.14. The Kier molecular flexibility index (Phi) is 4.38. The lowest BCUT2D eigenvalue weighted by molar-refractivity contribution is 0.687. The van der Waals surface area contributed by atoms with Crippen molar-refractivity contribution in [2.24, 2.45) is 0 Å². The minimum atomic E-state index is 0.365. The average Bonchev–Trinajstić information content (AvgIpc) is 3.06. The van der Waals surface area contributed by atoms with Crippen LogP contribution in [0.5, 0.6) is 0 Å². The second-order valence-electron chi connectivity index (χ2n) is 4.63. The SMILES string of the molecule is CCCC(Nc1nc2ccc(Br)cc2s1)c1cccs1. The maximum atomic E-state index is 4.68. The normalized spacial score (nSPS) is 12.7. The molecule has 104 valence electrons. The number of rotatable bonds is 5. The zero-order valence-electron chi connectivity index (χ0n) is 11.1. The van der Waals surface area contributed by atoms with E-state index in [1.54, 1.807) is 22.7 Å². The van der Waals surface area contributed by atoms with Crippen LogP contribution in [0.3, 0.4) is 0 Å². The molecular formula is C15H15BrN2S2. The van der Waals surface area contributed by atoms with Crippen LogP contribution in [-0.2, 0) is 0 Å². The standard InChI is InChI=1S/C15H15BrN2S2/c1-2-4-11(13-5-3-8-19-13)17-15-18-12-7-6-10(16)9-14(12)20-15/h3,5-9,11H,2,4H2,1H3,(H,17,18). The highest BCUT2D eigenvalue weighted by Crippen LogP contribution is 2.33. The molecule has 0 aliphatic rings. The molecular weight excluding hydrogens is 352 g/mol. The summed E-state index contributed by atoms with van der Waals surface area (Å²) < 4.78 is 2.31. The largest absolute Gasteiger partial charge is 0.354 e. The van der Waals surface area contributed by atoms with Gasteiger partial charge in [-0.1, -0.05) is 46.7 Å². The smallest absolute Gasteiger partial charge is 0.184 e. The van der Waals surface area contributed by atoms with Crippen LogP contribution in [-0.4, -0.2) is 4.98 Å². The maximum Gasteiger partial charge on any atom is 0.184 e. The molecule has 1 aromatic carbocycles. The molecule has 1 N–H and O–H groups in total. The van der Waals surface area contributed by atoms with Crippen molar-refractivity contribution in [2.75, 3.05) is 5.32 Å². The topological polar surface area (TPSA) is 24.9 Å². The lowest BCUT2D eigenvalue weighted by atomic mass is 10.1. The first-order chi connectivity index (χ1) is 9.76. The third-order valence-corrected chi connectivity index (χ3v) is 5.54. The fourth-order valence-corrected chi connectivity index (χ4v) is 4.46. The summed E-state index contributed by atoms with van der Waals surface area (Å²) in [6.45, 7) is 2.22. The zero-order valence-corrected chi connectivity index (χ0v) is 14.3. The van der Waals surface area contributed by atoms with Crippen molar-refractivity contribution >= 4 is 54.0 Å². The Morgan fingerprint density at radius 2 is 2.25 bits per heavy atom. The third kappa shape index (κ3) is 3.05. The second kappa shape index (κ2) is 6.24. The van der Waals surface area contributed by atoms with Crippen LogP contribution < -0.4 is 5.32 Å². The molecule has 3 rings (SSSR count). The van der Waals surface area contributed by atoms with Crippen LogP contribution in [0.4, 0.5) is 5.13 Å². The molecule has 0 amide bonds. The molecule has 2 heterocycles. The first-order valence-electron chi connectivity index (χ1n) is 6.62. The quantitative estimate of drug-likeness (QED) is 0.592. The third-order valence-electron chi connectivity index (χ3n) is 3.11. The van der Waals surface area contributed by atoms with Gasteiger partial charge in [0.2, 0.25) is 0 Å². The number of aromatic nitrogens is 1. The Morgan fingerprint density at radius 3 is 3.00 bits per heavy atom. The van der Waals surface area contributed by atoms with Gasteiger partial charge in [0.1, 0.15) is 0 Å². The highest BCUT2D eigenvalue weighted by atomic mass is 79.9. The van der Waals surface area contributed by atoms with Crippen molar-refractivity contribution in [3.05, 3.63) is 45.1 Å². The van der Waals surface area contributed by atoms with E-state index in [0.717, 1.165) is 28.0 Å². The number of hydrogen-bond donors (Lipinski definition) is 1. The lowest BCUT2D eigenvalue weighted by Gasteiger charge is -2.15. The minimum absolute atomic E-state index is 0.365. The van der Waals surface area contributed by atoms with E-state index in [2.05, 4.69) is 62.8 Å². The van der Waals surface area contributed by atoms with Gasteiger partial charge in [0, 0.05) is 9.35 Å². The number of halogens is 1. The molecule has 2 aromatic heterocycles. The molecule has 0 saturated heterocycles. The molecule has 20 heavy (non-hydrogen) atoms. The van der Waals surface area contributed by atoms with E-state index >= 15 is 0 Å². The van der Waals surface area contributed by atoms with Gasteiger partial charge in [-0.05, 0) is 36.1 Å². The molecule has 1 atom stereocenters. The number of anilines is 1. The maximum absolute atomic E-state index is 4.68. The van der Waals surface area contributed by atoms with E-state index in [4.69, 9.17) is 0 Å². The summed E-state index contributed by atoms with van der Waals surface area (Å²) in [5.41, 5.74) is 1.06. The number of benzene rings is 1. The molecule has 0 spiro atoms. The fourth-order valence-electron chi connectivity index (χ4n) is 2.17. The molecule has 0 fully saturated rings. The molecule has 0 aliphatic carbocycles. The van der Waals surface area contributed by atoms with Gasteiger partial charge in [0.05, 0.1) is 16.3 Å². The molecule has 2 nitrogen and oxygen atoms in total. The van der Waals surface area contributed by atoms with Crippen molar-refractivity contribution in [2.45, 2.75) is 25.8 Å². The summed E-state index contributed by atoms with van der Waals surface area (Å²) in [6, 6.07) is 10.9. The first-order valence-corrected chi connectivity index (χ1v) is 9.11. The number of thiazole rings is 1. The molecule has 5 heteroatoms. The van der Waals surface area contributed by atoms with Gasteiger partial charge in [-0.3, -0.25) is 0 Å². The lowest BCUT2D eigenvalue weighted by Crippen LogP contribution is -2.08. The summed E-state index contributed by atoms with van der Waals surface area (Å²) in [6.07, 6.45) is 2.28. The first kappa shape index (κ1) is 14.0. The van der Waals surface area contributed by atoms with Crippen LogP contribution in [0.15, 0.2) is 40.2 Å². The Hall–Kier alpha value is -0.910. The number of nitrogens with zero attached hydrogens (tertiary/aromatic N) is 1. The number of nitrogens with one attached hydrogen (secondary N) is 1. The van der Waals surface area contributed by atoms with E-state index in [9.17, 15) is 0 Å². The minimum Gasteiger partial charge on any atom is -0.354 e. The molecule has 0 saturated carbocycles. The number of thiophene rings is 1. The summed E-state index contributed by atoms with van der Waals surface area (Å²) in [5.74, 6) is 0. The van der Waals surface area contributed by atoms with Crippen LogP contribution in [0.1, 0.15) is 30.7 Å². The van der Waals surface area contributed by atoms with E-state index in [1.165, 1.54) is 9.58 Å². The van der Waals surface area contributed by atoms with E-state index in [1.807, 2.05) is 6.07 Å². The van der Waals surface area contributed by atoms with Crippen molar-refractivity contribution in [1.82, 2.24) is 4.98 Å². The summed E-state index contributed by atoms with van der Waals surface area (Å²) in [7, 11) is 0. The van der Waals surface area contributed by atoms with Crippen LogP contribution >= 0.6 is 38.6 Å². The summed E-state index contributed by atoms with van der Waals surface area (Å²) in [4.78, 5) is 6.06. The van der Waals surface area contributed by atoms with Gasteiger partial charge in [-0.25, -0.2) is 4.98 Å². The van der Waals surface area contributed by atoms with Crippen molar-refractivity contribution in [1.29, 1.82) is 0 Å². The number of fused-ring (bicyclic) bond motifs is 1. The van der Waals surface area contributed by atoms with E-state index in [0.29, 0.717) is 6.04 Å². The van der Waals surface area contributed by atoms with Crippen molar-refractivity contribution in [3.8, 4) is 0 Å². The Bertz CT molecular complexity index is 691.